The van der Waals surface area contributed by atoms with Crippen molar-refractivity contribution in [2.45, 2.75) is 0 Å². The normalized spacial score (nSPS) is 13.9. The van der Waals surface area contributed by atoms with Crippen molar-refractivity contribution in [1.82, 2.24) is 15.3 Å². The van der Waals surface area contributed by atoms with Gasteiger partial charge in [0.05, 0.1) is 11.3 Å². The summed E-state index contributed by atoms with van der Waals surface area (Å²) in [6.45, 7) is 3.66. The third-order valence-corrected chi connectivity index (χ3v) is 4.69. The van der Waals surface area contributed by atoms with Crippen LogP contribution >= 0.6 is 12.4 Å². The van der Waals surface area contributed by atoms with Crippen LogP contribution in [0.3, 0.4) is 0 Å². The number of nitrogens with one attached hydrogen (secondary N) is 2. The lowest BCUT2D eigenvalue weighted by molar-refractivity contribution is 0.585. The topological polar surface area (TPSA) is 67.7 Å². The van der Waals surface area contributed by atoms with Gasteiger partial charge < -0.3 is 15.2 Å². The van der Waals surface area contributed by atoms with Crippen molar-refractivity contribution in [1.29, 1.82) is 5.26 Å². The van der Waals surface area contributed by atoms with E-state index >= 15 is 0 Å². The molecule has 0 unspecified atom stereocenters. The number of benzene rings is 1. The number of pyridine rings is 1. The molecule has 3 heterocycles. The van der Waals surface area contributed by atoms with E-state index in [1.165, 1.54) is 0 Å². The Morgan fingerprint density at radius 1 is 1.04 bits per heavy atom. The van der Waals surface area contributed by atoms with Gasteiger partial charge >= 0.3 is 0 Å². The minimum Gasteiger partial charge on any atom is -0.355 e. The summed E-state index contributed by atoms with van der Waals surface area (Å²) in [4.78, 5) is 10.1. The molecule has 1 aliphatic heterocycles. The van der Waals surface area contributed by atoms with Crippen LogP contribution < -0.4 is 10.2 Å². The Hall–Kier alpha value is -3.07. The molecule has 0 radical (unpaired) electrons. The number of aromatic nitrogens is 2. The molecule has 1 fully saturated rings. The number of H-pyrrole nitrogens is 1. The van der Waals surface area contributed by atoms with E-state index in [0.717, 1.165) is 54.5 Å². The minimum absolute atomic E-state index is 0. The van der Waals surface area contributed by atoms with Crippen LogP contribution in [0.15, 0.2) is 54.7 Å². The van der Waals surface area contributed by atoms with Gasteiger partial charge in [-0.05, 0) is 29.8 Å². The Kier molecular flexibility index (Phi) is 6.49. The first-order valence-corrected chi connectivity index (χ1v) is 9.12. The SMILES string of the molecule is Cl.N#Cc1cc(-c2ccnc(C=Cc3ccccc3)c2)[nH]c1N1CCNCC1. The number of halogens is 1. The van der Waals surface area contributed by atoms with Crippen molar-refractivity contribution in [3.63, 3.8) is 0 Å². The third-order valence-electron chi connectivity index (χ3n) is 4.69. The van der Waals surface area contributed by atoms with Gasteiger partial charge in [-0.3, -0.25) is 4.98 Å². The molecule has 0 aliphatic carbocycles. The van der Waals surface area contributed by atoms with Crippen LogP contribution in [0.1, 0.15) is 16.8 Å². The first-order chi connectivity index (χ1) is 13.3. The van der Waals surface area contributed by atoms with E-state index in [1.54, 1.807) is 6.20 Å². The highest BCUT2D eigenvalue weighted by molar-refractivity contribution is 5.85. The van der Waals surface area contributed by atoms with Crippen molar-refractivity contribution in [3.8, 4) is 17.3 Å². The van der Waals surface area contributed by atoms with Crippen molar-refractivity contribution < 1.29 is 0 Å². The molecule has 5 nitrogen and oxygen atoms in total. The molecule has 1 aromatic carbocycles. The zero-order chi connectivity index (χ0) is 18.5. The van der Waals surface area contributed by atoms with E-state index in [1.807, 2.05) is 48.6 Å². The molecule has 0 atom stereocenters. The summed E-state index contributed by atoms with van der Waals surface area (Å²) in [7, 11) is 0. The zero-order valence-corrected chi connectivity index (χ0v) is 16.2. The van der Waals surface area contributed by atoms with Crippen molar-refractivity contribution in [3.05, 3.63) is 71.5 Å². The monoisotopic (exact) mass is 391 g/mol. The van der Waals surface area contributed by atoms with E-state index in [4.69, 9.17) is 0 Å². The lowest BCUT2D eigenvalue weighted by Crippen LogP contribution is -2.44. The predicted molar refractivity (Wildman–Crippen MR) is 116 cm³/mol. The molecule has 2 aromatic heterocycles. The second-order valence-electron chi connectivity index (χ2n) is 6.51. The fourth-order valence-electron chi connectivity index (χ4n) is 3.28. The summed E-state index contributed by atoms with van der Waals surface area (Å²) in [6, 6.07) is 18.4. The smallest absolute Gasteiger partial charge is 0.124 e. The number of rotatable bonds is 4. The highest BCUT2D eigenvalue weighted by Gasteiger charge is 2.17. The first kappa shape index (κ1) is 19.7. The molecule has 0 saturated carbocycles. The van der Waals surface area contributed by atoms with Crippen LogP contribution in [0.4, 0.5) is 5.82 Å². The van der Waals surface area contributed by atoms with E-state index in [2.05, 4.69) is 38.4 Å². The highest BCUT2D eigenvalue weighted by Crippen LogP contribution is 2.28. The molecule has 0 amide bonds. The van der Waals surface area contributed by atoms with Crippen molar-refractivity contribution in [2.24, 2.45) is 0 Å². The average Bonchev–Trinajstić information content (AvgIpc) is 3.18. The van der Waals surface area contributed by atoms with Crippen LogP contribution in [0.5, 0.6) is 0 Å². The average molecular weight is 392 g/mol. The maximum atomic E-state index is 9.54. The van der Waals surface area contributed by atoms with Crippen molar-refractivity contribution >= 4 is 30.4 Å². The molecule has 4 rings (SSSR count). The zero-order valence-electron chi connectivity index (χ0n) is 15.4. The Labute approximate surface area is 171 Å². The van der Waals surface area contributed by atoms with Gasteiger partial charge in [0.1, 0.15) is 11.9 Å². The maximum Gasteiger partial charge on any atom is 0.124 e. The van der Waals surface area contributed by atoms with E-state index < -0.39 is 0 Å². The summed E-state index contributed by atoms with van der Waals surface area (Å²) in [5.74, 6) is 0.909. The first-order valence-electron chi connectivity index (χ1n) is 9.12. The Bertz CT molecular complexity index is 982. The molecular formula is C22H22ClN5. The van der Waals surface area contributed by atoms with Gasteiger partial charge in [-0.15, -0.1) is 12.4 Å². The van der Waals surface area contributed by atoms with Gasteiger partial charge in [-0.25, -0.2) is 0 Å². The quantitative estimate of drug-likeness (QED) is 0.706. The highest BCUT2D eigenvalue weighted by atomic mass is 35.5. The third kappa shape index (κ3) is 4.42. The molecular weight excluding hydrogens is 370 g/mol. The van der Waals surface area contributed by atoms with Gasteiger partial charge in [0, 0.05) is 43.6 Å². The molecule has 142 valence electrons. The molecule has 1 aliphatic rings. The second kappa shape index (κ2) is 9.23. The summed E-state index contributed by atoms with van der Waals surface area (Å²) < 4.78 is 0. The summed E-state index contributed by atoms with van der Waals surface area (Å²) in [5.41, 5.74) is 4.67. The largest absolute Gasteiger partial charge is 0.355 e. The fraction of sp³-hybridized carbons (Fsp3) is 0.182. The standard InChI is InChI=1S/C22H21N5.ClH/c23-16-19-15-21(26-22(19)27-12-10-24-11-13-27)18-8-9-25-20(14-18)7-6-17-4-2-1-3-5-17;/h1-9,14-15,24,26H,10-13H2;1H. The molecule has 6 heteroatoms. The van der Waals surface area contributed by atoms with Crippen LogP contribution in [0.25, 0.3) is 23.4 Å². The molecule has 3 aromatic rings. The number of piperazine rings is 1. The Balaban J connectivity index is 0.00000225. The van der Waals surface area contributed by atoms with E-state index in [0.29, 0.717) is 5.56 Å². The number of nitriles is 1. The minimum atomic E-state index is 0. The number of aromatic amines is 1. The number of nitrogens with zero attached hydrogens (tertiary/aromatic N) is 3. The summed E-state index contributed by atoms with van der Waals surface area (Å²) >= 11 is 0. The van der Waals surface area contributed by atoms with Gasteiger partial charge in [0.2, 0.25) is 0 Å². The molecule has 1 saturated heterocycles. The Morgan fingerprint density at radius 3 is 2.57 bits per heavy atom. The van der Waals surface area contributed by atoms with Crippen molar-refractivity contribution in [2.75, 3.05) is 31.1 Å². The van der Waals surface area contributed by atoms with Crippen LogP contribution in [0, 0.1) is 11.3 Å². The molecule has 0 bridgehead atoms. The van der Waals surface area contributed by atoms with Gasteiger partial charge in [-0.2, -0.15) is 5.26 Å². The van der Waals surface area contributed by atoms with Gasteiger partial charge in [0.25, 0.3) is 0 Å². The van der Waals surface area contributed by atoms with Crippen LogP contribution in [0.2, 0.25) is 0 Å². The van der Waals surface area contributed by atoms with E-state index in [9.17, 15) is 5.26 Å². The fourth-order valence-corrected chi connectivity index (χ4v) is 3.28. The lowest BCUT2D eigenvalue weighted by Gasteiger charge is -2.28. The summed E-state index contributed by atoms with van der Waals surface area (Å²) in [5, 5.41) is 12.9. The number of hydrogen-bond acceptors (Lipinski definition) is 4. The number of hydrogen-bond donors (Lipinski definition) is 2. The van der Waals surface area contributed by atoms with E-state index in [-0.39, 0.29) is 12.4 Å². The summed E-state index contributed by atoms with van der Waals surface area (Å²) in [6.07, 6.45) is 5.86. The Morgan fingerprint density at radius 2 is 1.82 bits per heavy atom. The maximum absolute atomic E-state index is 9.54. The molecule has 2 N–H and O–H groups in total. The second-order valence-corrected chi connectivity index (χ2v) is 6.51. The van der Waals surface area contributed by atoms with Gasteiger partial charge in [-0.1, -0.05) is 36.4 Å². The lowest BCUT2D eigenvalue weighted by atomic mass is 10.1. The predicted octanol–water partition coefficient (Wildman–Crippen LogP) is 3.95. The molecule has 28 heavy (non-hydrogen) atoms. The van der Waals surface area contributed by atoms with Gasteiger partial charge in [0.15, 0.2) is 0 Å². The van der Waals surface area contributed by atoms with Crippen LogP contribution in [-0.4, -0.2) is 36.1 Å². The number of anilines is 1. The molecule has 0 spiro atoms. The van der Waals surface area contributed by atoms with Crippen LogP contribution in [-0.2, 0) is 0 Å².